The number of benzene rings is 4. The van der Waals surface area contributed by atoms with Crippen molar-refractivity contribution in [2.75, 3.05) is 47.0 Å². The second kappa shape index (κ2) is 29.4. The van der Waals surface area contributed by atoms with Gasteiger partial charge < -0.3 is 65.2 Å². The third kappa shape index (κ3) is 21.3. The molecule has 4 aromatic rings. The van der Waals surface area contributed by atoms with Crippen LogP contribution >= 0.6 is 0 Å². The molecule has 85 heavy (non-hydrogen) atoms. The largest absolute Gasteiger partial charge is 0.491 e. The summed E-state index contributed by atoms with van der Waals surface area (Å²) < 4.78 is 34.1. The molecule has 21 heteroatoms. The lowest BCUT2D eigenvalue weighted by Gasteiger charge is -2.32. The van der Waals surface area contributed by atoms with Crippen molar-refractivity contribution in [3.63, 3.8) is 0 Å². The lowest BCUT2D eigenvalue weighted by Crippen LogP contribution is -2.55. The van der Waals surface area contributed by atoms with E-state index in [2.05, 4.69) is 64.8 Å². The second-order valence-electron chi connectivity index (χ2n) is 24.9. The zero-order chi connectivity index (χ0) is 63.0. The molecule has 0 saturated heterocycles. The Morgan fingerprint density at radius 2 is 1.11 bits per heavy atom. The number of unbranched alkanes of at least 4 members (excludes halogenated alkanes) is 1. The Labute approximate surface area is 499 Å². The van der Waals surface area contributed by atoms with Crippen LogP contribution in [-0.4, -0.2) is 135 Å². The summed E-state index contributed by atoms with van der Waals surface area (Å²) in [6.45, 7) is 23.6. The third-order valence-corrected chi connectivity index (χ3v) is 13.1. The van der Waals surface area contributed by atoms with E-state index in [1.807, 2.05) is 24.3 Å². The smallest absolute Gasteiger partial charge is 0.407 e. The van der Waals surface area contributed by atoms with E-state index in [4.69, 9.17) is 28.4 Å². The van der Waals surface area contributed by atoms with E-state index in [1.165, 1.54) is 31.5 Å². The average molecular weight is 1180 g/mol. The third-order valence-electron chi connectivity index (χ3n) is 13.1. The van der Waals surface area contributed by atoms with E-state index in [0.717, 1.165) is 11.1 Å². The predicted molar refractivity (Wildman–Crippen MR) is 322 cm³/mol. The molecule has 1 heterocycles. The normalized spacial score (nSPS) is 15.9. The van der Waals surface area contributed by atoms with Crippen LogP contribution < -0.4 is 41.4 Å². The summed E-state index contributed by atoms with van der Waals surface area (Å²) >= 11 is 0. The summed E-state index contributed by atoms with van der Waals surface area (Å²) in [6.07, 6.45) is -1.23. The Balaban J connectivity index is 1.60. The molecule has 6 N–H and O–H groups in total. The summed E-state index contributed by atoms with van der Waals surface area (Å²) in [5, 5.41) is 16.5. The van der Waals surface area contributed by atoms with Gasteiger partial charge in [0.2, 0.25) is 17.7 Å². The quantitative estimate of drug-likeness (QED) is 0.0291. The topological polar surface area (TPSA) is 267 Å². The molecule has 21 nitrogen and oxygen atoms in total. The van der Waals surface area contributed by atoms with Gasteiger partial charge in [-0.15, -0.1) is 0 Å². The zero-order valence-electron chi connectivity index (χ0n) is 51.9. The summed E-state index contributed by atoms with van der Waals surface area (Å²) in [7, 11) is 2.60. The van der Waals surface area contributed by atoms with Gasteiger partial charge in [0.1, 0.15) is 65.7 Å². The molecule has 1 aliphatic heterocycles. The van der Waals surface area contributed by atoms with Crippen molar-refractivity contribution in [3.8, 4) is 33.8 Å². The fourth-order valence-corrected chi connectivity index (χ4v) is 8.95. The van der Waals surface area contributed by atoms with E-state index in [0.29, 0.717) is 29.5 Å². The first-order valence-electron chi connectivity index (χ1n) is 28.6. The highest BCUT2D eigenvalue weighted by Crippen LogP contribution is 2.40. The predicted octanol–water partition coefficient (Wildman–Crippen LogP) is 8.84. The van der Waals surface area contributed by atoms with Crippen LogP contribution in [0.3, 0.4) is 0 Å². The van der Waals surface area contributed by atoms with Gasteiger partial charge in [0.05, 0.1) is 20.2 Å². The number of ether oxygens (including phenoxy) is 6. The molecular formula is C64H87N7O14. The molecule has 4 aromatic carbocycles. The monoisotopic (exact) mass is 1180 g/mol. The summed E-state index contributed by atoms with van der Waals surface area (Å²) in [5.74, 6) is -3.02. The molecule has 5 rings (SSSR count). The Morgan fingerprint density at radius 3 is 1.61 bits per heavy atom. The van der Waals surface area contributed by atoms with Crippen LogP contribution in [-0.2, 0) is 50.0 Å². The number of fused-ring (bicyclic) bond motifs is 5. The number of amides is 7. The van der Waals surface area contributed by atoms with Crippen LogP contribution in [0.15, 0.2) is 84.9 Å². The number of rotatable bonds is 19. The first-order chi connectivity index (χ1) is 39.7. The van der Waals surface area contributed by atoms with E-state index in [9.17, 15) is 28.8 Å². The molecule has 0 aliphatic carbocycles. The van der Waals surface area contributed by atoms with Crippen LogP contribution in [0.5, 0.6) is 11.5 Å². The van der Waals surface area contributed by atoms with Crippen LogP contribution in [0, 0.1) is 0 Å². The van der Waals surface area contributed by atoms with Crippen molar-refractivity contribution in [2.45, 2.75) is 162 Å². The Hall–Kier alpha value is -8.36. The van der Waals surface area contributed by atoms with E-state index in [-0.39, 0.29) is 73.7 Å². The molecule has 0 fully saturated rings. The van der Waals surface area contributed by atoms with Gasteiger partial charge in [-0.3, -0.25) is 19.2 Å². The van der Waals surface area contributed by atoms with Gasteiger partial charge in [-0.25, -0.2) is 19.2 Å². The van der Waals surface area contributed by atoms with Gasteiger partial charge in [0, 0.05) is 36.7 Å². The van der Waals surface area contributed by atoms with E-state index in [1.54, 1.807) is 111 Å². The lowest BCUT2D eigenvalue weighted by molar-refractivity contribution is -0.145. The number of methoxy groups -OCH3 is 1. The number of nitrogens with one attached hydrogen (secondary N) is 6. The van der Waals surface area contributed by atoms with Gasteiger partial charge in [0.15, 0.2) is 0 Å². The fraction of sp³-hybridized carbons (Fsp3) is 0.500. The number of hydrogen-bond donors (Lipinski definition) is 6. The van der Waals surface area contributed by atoms with Crippen LogP contribution in [0.2, 0.25) is 0 Å². The SMILES string of the molecule is COC(=O)[C@@H]1Cc2ccc(OCCNC(=O)OC(C)(C)C)c(c2)-c2cc(ccc2OCCNC(=O)OC(C)(C)C)[C@H](N(C)C(=O)[C@H](CCCCNC(=O)OC(C)(C)C)NC(=O)c2ccc(-c3ccc(C(C)(C)C)cc3)cc2)C(=O)N[C@@H](C)C(=O)N1. The maximum absolute atomic E-state index is 15.3. The fourth-order valence-electron chi connectivity index (χ4n) is 8.95. The summed E-state index contributed by atoms with van der Waals surface area (Å²) in [4.78, 5) is 111. The molecule has 7 amide bonds. The Kier molecular flexibility index (Phi) is 23.4. The molecule has 0 aromatic heterocycles. The highest BCUT2D eigenvalue weighted by atomic mass is 16.6. The first-order valence-corrected chi connectivity index (χ1v) is 28.6. The van der Waals surface area contributed by atoms with E-state index < -0.39 is 88.8 Å². The number of nitrogens with zero attached hydrogens (tertiary/aromatic N) is 1. The van der Waals surface area contributed by atoms with Gasteiger partial charge in [-0.05, 0) is 158 Å². The molecule has 1 aliphatic rings. The van der Waals surface area contributed by atoms with Crippen molar-refractivity contribution >= 4 is 47.9 Å². The number of hydrogen-bond acceptors (Lipinski definition) is 14. The second-order valence-corrected chi connectivity index (χ2v) is 24.9. The van der Waals surface area contributed by atoms with Gasteiger partial charge in [-0.2, -0.15) is 0 Å². The van der Waals surface area contributed by atoms with Crippen molar-refractivity contribution < 1.29 is 66.8 Å². The minimum absolute atomic E-state index is 0.0102. The van der Waals surface area contributed by atoms with Crippen molar-refractivity contribution in [1.29, 1.82) is 0 Å². The first kappa shape index (κ1) is 67.4. The lowest BCUT2D eigenvalue weighted by atomic mass is 9.86. The van der Waals surface area contributed by atoms with Crippen molar-refractivity contribution in [1.82, 2.24) is 36.8 Å². The van der Waals surface area contributed by atoms with Crippen LogP contribution in [0.1, 0.15) is 142 Å². The summed E-state index contributed by atoms with van der Waals surface area (Å²) in [6, 6.07) is 19.8. The maximum Gasteiger partial charge on any atom is 0.407 e. The minimum Gasteiger partial charge on any atom is -0.491 e. The summed E-state index contributed by atoms with van der Waals surface area (Å²) in [5.41, 5.74) is 2.47. The standard InChI is InChI=1S/C64H87N7O14/c1-39-53(72)70-49(57(76)80-15)37-40-19-29-50(81-34-32-66-59(78)84-63(8,9)10)46(36-40)47-38-44(26-30-51(47)82-35-33-67-60(79)85-64(11,12)13)52(55(74)68-39)71(14)56(75)48(18-16-17-31-65-58(77)83-62(5,6)7)69-54(73)43-22-20-41(21-23-43)42-24-27-45(28-25-42)61(2,3)4/h19-30,36,38-39,48-49,52H,16-18,31-35,37H2,1-15H3,(H,65,77)(H,66,78)(H,67,79)(H,68,74)(H,69,73)(H,70,72)/t39-,48-,49-,52-/m0/s1. The number of carbonyl (C=O) groups is 8. The number of esters is 1. The molecule has 0 spiro atoms. The average Bonchev–Trinajstić information content (AvgIpc) is 2.52. The van der Waals surface area contributed by atoms with Gasteiger partial charge in [-0.1, -0.05) is 69.3 Å². The van der Waals surface area contributed by atoms with Crippen molar-refractivity contribution in [2.24, 2.45) is 0 Å². The highest BCUT2D eigenvalue weighted by molar-refractivity contribution is 5.99. The molecule has 0 radical (unpaired) electrons. The van der Waals surface area contributed by atoms with E-state index >= 15 is 9.59 Å². The van der Waals surface area contributed by atoms with Crippen LogP contribution in [0.25, 0.3) is 22.3 Å². The number of likely N-dealkylation sites (N-methyl/N-ethyl adjacent to an activating group) is 1. The zero-order valence-corrected chi connectivity index (χ0v) is 51.9. The number of carbonyl (C=O) groups excluding carboxylic acids is 8. The maximum atomic E-state index is 15.3. The molecule has 4 atom stereocenters. The van der Waals surface area contributed by atoms with Crippen LogP contribution in [0.4, 0.5) is 14.4 Å². The Morgan fingerprint density at radius 1 is 0.612 bits per heavy atom. The van der Waals surface area contributed by atoms with Gasteiger partial charge >= 0.3 is 24.2 Å². The molecule has 0 unspecified atom stereocenters. The Bertz CT molecular complexity index is 2990. The van der Waals surface area contributed by atoms with Crippen molar-refractivity contribution in [3.05, 3.63) is 107 Å². The molecular weight excluding hydrogens is 1090 g/mol. The number of alkyl carbamates (subject to hydrolysis) is 3. The molecule has 4 bridgehead atoms. The highest BCUT2D eigenvalue weighted by Gasteiger charge is 2.37. The molecule has 462 valence electrons. The van der Waals surface area contributed by atoms with Gasteiger partial charge in [0.25, 0.3) is 5.91 Å². The minimum atomic E-state index is -1.51. The molecule has 0 saturated carbocycles.